The quantitative estimate of drug-likeness (QED) is 0.281. The Morgan fingerprint density at radius 2 is 2.43 bits per heavy atom. The highest BCUT2D eigenvalue weighted by Gasteiger charge is 2.27. The van der Waals surface area contributed by atoms with E-state index < -0.39 is 0 Å². The summed E-state index contributed by atoms with van der Waals surface area (Å²) in [4.78, 5) is 10.6. The van der Waals surface area contributed by atoms with Crippen LogP contribution in [-0.2, 0) is 9.53 Å². The fourth-order valence-corrected chi connectivity index (χ4v) is 1.98. The first kappa shape index (κ1) is 11.0. The molecule has 2 heteroatoms. The molecule has 2 nitrogen and oxygen atoms in total. The molecule has 1 aliphatic carbocycles. The van der Waals surface area contributed by atoms with Crippen LogP contribution in [0.25, 0.3) is 0 Å². The Kier molecular flexibility index (Phi) is 4.44. The fourth-order valence-electron chi connectivity index (χ4n) is 1.98. The molecule has 1 unspecified atom stereocenters. The number of rotatable bonds is 6. The molecule has 0 heterocycles. The first-order valence-corrected chi connectivity index (χ1v) is 5.17. The van der Waals surface area contributed by atoms with Gasteiger partial charge >= 0.3 is 0 Å². The summed E-state index contributed by atoms with van der Waals surface area (Å²) in [5.74, 6) is 0. The minimum Gasteiger partial charge on any atom is -0.502 e. The van der Waals surface area contributed by atoms with E-state index in [2.05, 4.69) is 18.7 Å². The van der Waals surface area contributed by atoms with Crippen LogP contribution in [0.2, 0.25) is 0 Å². The highest BCUT2D eigenvalue weighted by Crippen LogP contribution is 2.37. The Morgan fingerprint density at radius 1 is 1.57 bits per heavy atom. The monoisotopic (exact) mass is 194 g/mol. The topological polar surface area (TPSA) is 26.3 Å². The summed E-state index contributed by atoms with van der Waals surface area (Å²) in [6.07, 6.45) is 11.8. The van der Waals surface area contributed by atoms with Crippen LogP contribution >= 0.6 is 0 Å². The van der Waals surface area contributed by atoms with Gasteiger partial charge in [0.15, 0.2) is 0 Å². The van der Waals surface area contributed by atoms with Crippen molar-refractivity contribution in [1.82, 2.24) is 0 Å². The van der Waals surface area contributed by atoms with E-state index in [1.165, 1.54) is 12.7 Å². The average molecular weight is 194 g/mol. The van der Waals surface area contributed by atoms with Crippen LogP contribution in [0, 0.1) is 5.41 Å². The van der Waals surface area contributed by atoms with Crippen molar-refractivity contribution in [2.75, 3.05) is 6.61 Å². The van der Waals surface area contributed by atoms with Crippen molar-refractivity contribution in [3.8, 4) is 0 Å². The van der Waals surface area contributed by atoms with Crippen LogP contribution in [0.15, 0.2) is 25.0 Å². The average Bonchev–Trinajstić information content (AvgIpc) is 2.20. The van der Waals surface area contributed by atoms with E-state index >= 15 is 0 Å². The zero-order valence-corrected chi connectivity index (χ0v) is 8.58. The molecular weight excluding hydrogens is 176 g/mol. The summed E-state index contributed by atoms with van der Waals surface area (Å²) < 4.78 is 5.12. The number of allylic oxidation sites excluding steroid dienone is 2. The van der Waals surface area contributed by atoms with Crippen molar-refractivity contribution in [3.63, 3.8) is 0 Å². The fraction of sp³-hybridized carbons (Fsp3) is 0.583. The van der Waals surface area contributed by atoms with Gasteiger partial charge in [-0.3, -0.25) is 0 Å². The standard InChI is InChI=1S/C12H18O2/c1-2-14-11-9-12(8-10-13)6-4-3-5-7-12/h2,4,6,10H,1,3,5,7-9,11H2. The molecule has 0 aromatic heterocycles. The number of aldehydes is 1. The Balaban J connectivity index is 2.51. The van der Waals surface area contributed by atoms with Gasteiger partial charge in [-0.25, -0.2) is 0 Å². The van der Waals surface area contributed by atoms with E-state index in [4.69, 9.17) is 4.74 Å². The zero-order chi connectivity index (χ0) is 10.3. The normalized spacial score (nSPS) is 25.7. The van der Waals surface area contributed by atoms with Crippen molar-refractivity contribution >= 4 is 6.29 Å². The Hall–Kier alpha value is -1.05. The van der Waals surface area contributed by atoms with Crippen molar-refractivity contribution < 1.29 is 9.53 Å². The summed E-state index contributed by atoms with van der Waals surface area (Å²) in [6.45, 7) is 4.16. The van der Waals surface area contributed by atoms with Gasteiger partial charge in [-0.15, -0.1) is 0 Å². The number of hydrogen-bond acceptors (Lipinski definition) is 2. The lowest BCUT2D eigenvalue weighted by Crippen LogP contribution is -2.22. The van der Waals surface area contributed by atoms with Crippen molar-refractivity contribution in [2.24, 2.45) is 5.41 Å². The maximum Gasteiger partial charge on any atom is 0.120 e. The summed E-state index contributed by atoms with van der Waals surface area (Å²) in [5, 5.41) is 0. The Morgan fingerprint density at radius 3 is 3.00 bits per heavy atom. The first-order valence-electron chi connectivity index (χ1n) is 5.17. The first-order chi connectivity index (χ1) is 6.83. The minimum atomic E-state index is 0.0585. The number of carbonyl (C=O) groups excluding carboxylic acids is 1. The molecule has 0 aromatic carbocycles. The molecule has 0 saturated carbocycles. The van der Waals surface area contributed by atoms with Crippen LogP contribution in [0.3, 0.4) is 0 Å². The molecule has 0 bridgehead atoms. The van der Waals surface area contributed by atoms with Crippen molar-refractivity contribution in [2.45, 2.75) is 32.1 Å². The van der Waals surface area contributed by atoms with E-state index in [9.17, 15) is 4.79 Å². The molecule has 1 atom stereocenters. The van der Waals surface area contributed by atoms with Crippen LogP contribution in [0.4, 0.5) is 0 Å². The Labute approximate surface area is 85.6 Å². The maximum atomic E-state index is 10.6. The molecule has 0 radical (unpaired) electrons. The zero-order valence-electron chi connectivity index (χ0n) is 8.58. The molecule has 1 rings (SSSR count). The van der Waals surface area contributed by atoms with Gasteiger partial charge in [-0.05, 0) is 31.1 Å². The second-order valence-corrected chi connectivity index (χ2v) is 3.82. The van der Waals surface area contributed by atoms with E-state index in [0.29, 0.717) is 13.0 Å². The summed E-state index contributed by atoms with van der Waals surface area (Å²) in [6, 6.07) is 0. The minimum absolute atomic E-state index is 0.0585. The van der Waals surface area contributed by atoms with Gasteiger partial charge < -0.3 is 9.53 Å². The highest BCUT2D eigenvalue weighted by molar-refractivity contribution is 5.51. The lowest BCUT2D eigenvalue weighted by molar-refractivity contribution is -0.109. The molecule has 0 aromatic rings. The Bertz CT molecular complexity index is 220. The third-order valence-corrected chi connectivity index (χ3v) is 2.84. The van der Waals surface area contributed by atoms with Crippen LogP contribution in [-0.4, -0.2) is 12.9 Å². The van der Waals surface area contributed by atoms with Crippen LogP contribution in [0.5, 0.6) is 0 Å². The molecular formula is C12H18O2. The van der Waals surface area contributed by atoms with E-state index in [1.54, 1.807) is 0 Å². The number of ether oxygens (including phenoxy) is 1. The molecule has 14 heavy (non-hydrogen) atoms. The van der Waals surface area contributed by atoms with E-state index in [1.807, 2.05) is 0 Å². The molecule has 1 aliphatic rings. The molecule has 0 N–H and O–H groups in total. The molecule has 0 spiro atoms. The second kappa shape index (κ2) is 5.63. The summed E-state index contributed by atoms with van der Waals surface area (Å²) in [5.41, 5.74) is 0.0585. The largest absolute Gasteiger partial charge is 0.502 e. The van der Waals surface area contributed by atoms with E-state index in [-0.39, 0.29) is 5.41 Å². The molecule has 78 valence electrons. The molecule has 0 saturated heterocycles. The van der Waals surface area contributed by atoms with Gasteiger partial charge in [0.25, 0.3) is 0 Å². The maximum absolute atomic E-state index is 10.6. The van der Waals surface area contributed by atoms with E-state index in [0.717, 1.165) is 25.5 Å². The summed E-state index contributed by atoms with van der Waals surface area (Å²) in [7, 11) is 0. The van der Waals surface area contributed by atoms with Gasteiger partial charge in [-0.2, -0.15) is 0 Å². The van der Waals surface area contributed by atoms with Crippen LogP contribution in [0.1, 0.15) is 32.1 Å². The third kappa shape index (κ3) is 3.02. The number of carbonyl (C=O) groups is 1. The lowest BCUT2D eigenvalue weighted by atomic mass is 9.74. The SMILES string of the molecule is C=COCCC1(CC=O)C=CCCC1. The van der Waals surface area contributed by atoms with Gasteiger partial charge in [0.2, 0.25) is 0 Å². The molecule has 0 fully saturated rings. The smallest absolute Gasteiger partial charge is 0.120 e. The van der Waals surface area contributed by atoms with Gasteiger partial charge in [0, 0.05) is 6.42 Å². The van der Waals surface area contributed by atoms with Crippen LogP contribution < -0.4 is 0 Å². The number of hydrogen-bond donors (Lipinski definition) is 0. The summed E-state index contributed by atoms with van der Waals surface area (Å²) >= 11 is 0. The predicted octanol–water partition coefficient (Wildman–Crippen LogP) is 2.85. The predicted molar refractivity (Wildman–Crippen MR) is 56.9 cm³/mol. The third-order valence-electron chi connectivity index (χ3n) is 2.84. The van der Waals surface area contributed by atoms with Gasteiger partial charge in [-0.1, -0.05) is 18.7 Å². The lowest BCUT2D eigenvalue weighted by Gasteiger charge is -2.31. The van der Waals surface area contributed by atoms with Gasteiger partial charge in [0.05, 0.1) is 12.9 Å². The van der Waals surface area contributed by atoms with Crippen molar-refractivity contribution in [3.05, 3.63) is 25.0 Å². The highest BCUT2D eigenvalue weighted by atomic mass is 16.5. The van der Waals surface area contributed by atoms with Gasteiger partial charge in [0.1, 0.15) is 6.29 Å². The molecule has 0 aliphatic heterocycles. The second-order valence-electron chi connectivity index (χ2n) is 3.82. The molecule has 0 amide bonds. The van der Waals surface area contributed by atoms with Crippen molar-refractivity contribution in [1.29, 1.82) is 0 Å².